The number of fused-ring (bicyclic) bond motifs is 2. The van der Waals surface area contributed by atoms with Crippen molar-refractivity contribution in [3.8, 4) is 0 Å². The van der Waals surface area contributed by atoms with Crippen LogP contribution in [0.1, 0.15) is 57.4 Å². The lowest BCUT2D eigenvalue weighted by Gasteiger charge is -2.37. The van der Waals surface area contributed by atoms with E-state index >= 15 is 0 Å². The Morgan fingerprint density at radius 1 is 0.949 bits per heavy atom. The number of unbranched alkanes of at least 4 members (excludes halogenated alkanes) is 3. The number of carbonyl (C=O) groups is 3. The van der Waals surface area contributed by atoms with Crippen LogP contribution in [-0.2, 0) is 30.4 Å². The maximum atomic E-state index is 14.3. The SMILES string of the molecule is C[C@@]12/C=C\CCCCOC(=O)[C@@H]1[C@H]1C(=O)N(CCCCCCO)C3C(=O)N(Cc4ccccc4)CC=C[C@@]31O2. The summed E-state index contributed by atoms with van der Waals surface area (Å²) in [6.45, 7) is 3.50. The molecule has 0 radical (unpaired) electrons. The summed E-state index contributed by atoms with van der Waals surface area (Å²) < 4.78 is 12.5. The van der Waals surface area contributed by atoms with Crippen molar-refractivity contribution in [3.63, 3.8) is 0 Å². The quantitative estimate of drug-likeness (QED) is 0.311. The Labute approximate surface area is 230 Å². The first-order valence-electron chi connectivity index (χ1n) is 14.4. The molecule has 0 saturated carbocycles. The van der Waals surface area contributed by atoms with Crippen molar-refractivity contribution in [3.05, 3.63) is 60.2 Å². The Morgan fingerprint density at radius 2 is 1.74 bits per heavy atom. The van der Waals surface area contributed by atoms with Crippen molar-refractivity contribution in [2.75, 3.05) is 26.3 Å². The van der Waals surface area contributed by atoms with Crippen LogP contribution >= 0.6 is 0 Å². The van der Waals surface area contributed by atoms with Crippen molar-refractivity contribution in [2.24, 2.45) is 11.8 Å². The zero-order chi connectivity index (χ0) is 27.5. The van der Waals surface area contributed by atoms with Crippen LogP contribution in [-0.4, -0.2) is 76.2 Å². The molecule has 1 aromatic rings. The second kappa shape index (κ2) is 11.6. The molecule has 4 aliphatic rings. The third-order valence-electron chi connectivity index (χ3n) is 8.61. The van der Waals surface area contributed by atoms with Gasteiger partial charge in [-0.25, -0.2) is 0 Å². The number of benzene rings is 1. The zero-order valence-electron chi connectivity index (χ0n) is 22.8. The monoisotopic (exact) mass is 536 g/mol. The number of aliphatic hydroxyl groups excluding tert-OH is 1. The van der Waals surface area contributed by atoms with Crippen molar-refractivity contribution >= 4 is 17.8 Å². The number of rotatable bonds is 8. The zero-order valence-corrected chi connectivity index (χ0v) is 22.8. The lowest BCUT2D eigenvalue weighted by Crippen LogP contribution is -2.55. The van der Waals surface area contributed by atoms with E-state index in [1.54, 1.807) is 9.80 Å². The molecule has 0 bridgehead atoms. The number of hydrogen-bond donors (Lipinski definition) is 1. The minimum Gasteiger partial charge on any atom is -0.465 e. The predicted octanol–water partition coefficient (Wildman–Crippen LogP) is 3.39. The summed E-state index contributed by atoms with van der Waals surface area (Å²) in [5.41, 5.74) is -1.33. The molecule has 8 nitrogen and oxygen atoms in total. The number of esters is 1. The molecule has 210 valence electrons. The van der Waals surface area contributed by atoms with Gasteiger partial charge in [0.25, 0.3) is 0 Å². The van der Waals surface area contributed by atoms with Crippen molar-refractivity contribution < 1.29 is 29.0 Å². The van der Waals surface area contributed by atoms with Gasteiger partial charge in [-0.2, -0.15) is 0 Å². The molecule has 5 atom stereocenters. The van der Waals surface area contributed by atoms with Crippen LogP contribution in [0.4, 0.5) is 0 Å². The Kier molecular flexibility index (Phi) is 8.24. The molecule has 1 spiro atoms. The number of nitrogens with zero attached hydrogens (tertiary/aromatic N) is 2. The summed E-state index contributed by atoms with van der Waals surface area (Å²) in [6.07, 6.45) is 13.3. The van der Waals surface area contributed by atoms with E-state index in [2.05, 4.69) is 0 Å². The lowest BCUT2D eigenvalue weighted by atomic mass is 9.74. The molecule has 2 fully saturated rings. The number of cyclic esters (lactones) is 1. The van der Waals surface area contributed by atoms with E-state index < -0.39 is 35.0 Å². The number of allylic oxidation sites excluding steroid dienone is 1. The summed E-state index contributed by atoms with van der Waals surface area (Å²) in [7, 11) is 0. The van der Waals surface area contributed by atoms with E-state index in [1.165, 1.54) is 0 Å². The van der Waals surface area contributed by atoms with Gasteiger partial charge < -0.3 is 24.4 Å². The Morgan fingerprint density at radius 3 is 2.54 bits per heavy atom. The molecule has 4 heterocycles. The van der Waals surface area contributed by atoms with Crippen molar-refractivity contribution in [1.82, 2.24) is 9.80 Å². The third-order valence-corrected chi connectivity index (χ3v) is 8.61. The second-order valence-electron chi connectivity index (χ2n) is 11.3. The van der Waals surface area contributed by atoms with Gasteiger partial charge in [-0.3, -0.25) is 14.4 Å². The Balaban J connectivity index is 1.53. The molecule has 39 heavy (non-hydrogen) atoms. The molecule has 2 saturated heterocycles. The molecule has 1 aromatic carbocycles. The van der Waals surface area contributed by atoms with Gasteiger partial charge >= 0.3 is 5.97 Å². The Hall–Kier alpha value is -2.97. The fourth-order valence-corrected chi connectivity index (χ4v) is 6.78. The van der Waals surface area contributed by atoms with Crippen LogP contribution in [0.3, 0.4) is 0 Å². The third kappa shape index (κ3) is 5.16. The molecule has 1 N–H and O–H groups in total. The number of hydrogen-bond acceptors (Lipinski definition) is 6. The van der Waals surface area contributed by atoms with Crippen LogP contribution in [0, 0.1) is 11.8 Å². The number of aliphatic hydroxyl groups is 1. The molecule has 4 aliphatic heterocycles. The van der Waals surface area contributed by atoms with Gasteiger partial charge in [0.2, 0.25) is 11.8 Å². The average Bonchev–Trinajstić information content (AvgIpc) is 3.25. The summed E-state index contributed by atoms with van der Waals surface area (Å²) >= 11 is 0. The molecule has 2 amide bonds. The summed E-state index contributed by atoms with van der Waals surface area (Å²) in [4.78, 5) is 45.6. The first kappa shape index (κ1) is 27.6. The lowest BCUT2D eigenvalue weighted by molar-refractivity contribution is -0.160. The fraction of sp³-hybridized carbons (Fsp3) is 0.581. The van der Waals surface area contributed by atoms with Crippen LogP contribution in [0.25, 0.3) is 0 Å². The van der Waals surface area contributed by atoms with Crippen LogP contribution in [0.2, 0.25) is 0 Å². The molecular weight excluding hydrogens is 496 g/mol. The van der Waals surface area contributed by atoms with Gasteiger partial charge in [0, 0.05) is 26.2 Å². The van der Waals surface area contributed by atoms with Gasteiger partial charge in [-0.05, 0) is 44.6 Å². The fourth-order valence-electron chi connectivity index (χ4n) is 6.78. The van der Waals surface area contributed by atoms with E-state index in [0.29, 0.717) is 39.1 Å². The molecule has 5 rings (SSSR count). The number of amides is 2. The summed E-state index contributed by atoms with van der Waals surface area (Å²) in [5, 5.41) is 9.15. The molecule has 1 unspecified atom stereocenters. The van der Waals surface area contributed by atoms with Crippen molar-refractivity contribution in [1.29, 1.82) is 0 Å². The van der Waals surface area contributed by atoms with E-state index in [-0.39, 0.29) is 18.4 Å². The number of likely N-dealkylation sites (tertiary alicyclic amines) is 1. The van der Waals surface area contributed by atoms with Gasteiger partial charge in [-0.15, -0.1) is 0 Å². The minimum atomic E-state index is -1.26. The predicted molar refractivity (Wildman–Crippen MR) is 145 cm³/mol. The topological polar surface area (TPSA) is 96.4 Å². The highest BCUT2D eigenvalue weighted by Crippen LogP contribution is 2.57. The highest BCUT2D eigenvalue weighted by molar-refractivity contribution is 5.99. The highest BCUT2D eigenvalue weighted by Gasteiger charge is 2.74. The molecule has 0 aromatic heterocycles. The van der Waals surface area contributed by atoms with E-state index in [4.69, 9.17) is 14.6 Å². The minimum absolute atomic E-state index is 0.137. The molecule has 8 heteroatoms. The van der Waals surface area contributed by atoms with Gasteiger partial charge in [0.1, 0.15) is 17.6 Å². The van der Waals surface area contributed by atoms with Gasteiger partial charge in [-0.1, -0.05) is 67.5 Å². The van der Waals surface area contributed by atoms with E-state index in [9.17, 15) is 14.4 Å². The normalized spacial score (nSPS) is 33.3. The molecular formula is C31H40N2O6. The van der Waals surface area contributed by atoms with Gasteiger partial charge in [0.05, 0.1) is 18.1 Å². The summed E-state index contributed by atoms with van der Waals surface area (Å²) in [6, 6.07) is 8.94. The van der Waals surface area contributed by atoms with Crippen LogP contribution < -0.4 is 0 Å². The second-order valence-corrected chi connectivity index (χ2v) is 11.3. The Bertz CT molecular complexity index is 1120. The molecule has 0 aliphatic carbocycles. The first-order valence-corrected chi connectivity index (χ1v) is 14.4. The average molecular weight is 537 g/mol. The van der Waals surface area contributed by atoms with Crippen LogP contribution in [0.5, 0.6) is 0 Å². The summed E-state index contributed by atoms with van der Waals surface area (Å²) in [5.74, 6) is -2.52. The van der Waals surface area contributed by atoms with Crippen molar-refractivity contribution in [2.45, 2.75) is 75.7 Å². The number of ether oxygens (including phenoxy) is 2. The highest BCUT2D eigenvalue weighted by atomic mass is 16.6. The van der Waals surface area contributed by atoms with Gasteiger partial charge in [0.15, 0.2) is 0 Å². The maximum absolute atomic E-state index is 14.3. The largest absolute Gasteiger partial charge is 0.465 e. The number of carbonyl (C=O) groups excluding carboxylic acids is 3. The standard InChI is InChI=1S/C31H40N2O6/c1-30-16-9-2-5-12-21-38-29(37)25(30)24-27(35)33(19-10-3-4-11-20-34)26-28(36)32(18-13-17-31(24,26)39-30)22-23-14-7-6-8-15-23/h6-9,13-17,24-26,34H,2-5,10-12,18-22H2,1H3/b16-9-/t24-,25-,26?,30+,31-/m0/s1. The first-order chi connectivity index (χ1) is 18.9. The van der Waals surface area contributed by atoms with E-state index in [0.717, 1.165) is 37.7 Å². The van der Waals surface area contributed by atoms with Crippen LogP contribution in [0.15, 0.2) is 54.6 Å². The maximum Gasteiger partial charge on any atom is 0.313 e. The smallest absolute Gasteiger partial charge is 0.313 e. The van der Waals surface area contributed by atoms with E-state index in [1.807, 2.05) is 61.6 Å².